The van der Waals surface area contributed by atoms with Gasteiger partial charge in [-0.2, -0.15) is 12.6 Å². The smallest absolute Gasteiger partial charge is 0.132 e. The van der Waals surface area contributed by atoms with E-state index in [-0.39, 0.29) is 5.75 Å². The van der Waals surface area contributed by atoms with Gasteiger partial charge in [0.2, 0.25) is 0 Å². The van der Waals surface area contributed by atoms with Crippen LogP contribution in [0.25, 0.3) is 0 Å². The summed E-state index contributed by atoms with van der Waals surface area (Å²) in [5.41, 5.74) is 0.377. The lowest BCUT2D eigenvalue weighted by Gasteiger charge is -2.22. The quantitative estimate of drug-likeness (QED) is 0.676. The summed E-state index contributed by atoms with van der Waals surface area (Å²) in [6.07, 6.45) is -2.15. The summed E-state index contributed by atoms with van der Waals surface area (Å²) in [6.45, 7) is 0. The van der Waals surface area contributed by atoms with Crippen LogP contribution in [0.3, 0.4) is 0 Å². The van der Waals surface area contributed by atoms with Crippen molar-refractivity contribution in [1.82, 2.24) is 0 Å². The summed E-state index contributed by atoms with van der Waals surface area (Å²) in [6, 6.07) is 3.23. The SMILES string of the molecule is COc1cc(OC)c(C(O)C(O)CS)c(OC)c1. The van der Waals surface area contributed by atoms with Crippen molar-refractivity contribution in [3.05, 3.63) is 17.7 Å². The molecule has 0 radical (unpaired) electrons. The molecule has 18 heavy (non-hydrogen) atoms. The normalized spacial score (nSPS) is 13.9. The molecule has 6 heteroatoms. The average Bonchev–Trinajstić information content (AvgIpc) is 2.43. The van der Waals surface area contributed by atoms with Gasteiger partial charge in [0, 0.05) is 17.9 Å². The molecule has 0 heterocycles. The summed E-state index contributed by atoms with van der Waals surface area (Å²) in [5, 5.41) is 19.8. The number of hydrogen-bond donors (Lipinski definition) is 3. The summed E-state index contributed by atoms with van der Waals surface area (Å²) in [4.78, 5) is 0. The van der Waals surface area contributed by atoms with E-state index < -0.39 is 12.2 Å². The zero-order valence-electron chi connectivity index (χ0n) is 10.6. The van der Waals surface area contributed by atoms with Gasteiger partial charge in [-0.3, -0.25) is 0 Å². The summed E-state index contributed by atoms with van der Waals surface area (Å²) >= 11 is 3.95. The first-order chi connectivity index (χ1) is 8.58. The topological polar surface area (TPSA) is 68.2 Å². The first-order valence-electron chi connectivity index (χ1n) is 5.35. The maximum absolute atomic E-state index is 10.1. The summed E-state index contributed by atoms with van der Waals surface area (Å²) < 4.78 is 15.5. The second-order valence-electron chi connectivity index (χ2n) is 3.64. The number of aliphatic hydroxyl groups excluding tert-OH is 2. The van der Waals surface area contributed by atoms with Crippen molar-refractivity contribution in [1.29, 1.82) is 0 Å². The standard InChI is InChI=1S/C12H18O5S/c1-15-7-4-9(16-2)11(10(5-7)17-3)12(14)8(13)6-18/h4-5,8,12-14,18H,6H2,1-3H3. The molecule has 1 aromatic rings. The van der Waals surface area contributed by atoms with Gasteiger partial charge in [0.1, 0.15) is 23.4 Å². The van der Waals surface area contributed by atoms with Crippen molar-refractivity contribution >= 4 is 12.6 Å². The Kier molecular flexibility index (Phi) is 5.58. The zero-order valence-corrected chi connectivity index (χ0v) is 11.5. The molecule has 102 valence electrons. The molecule has 5 nitrogen and oxygen atoms in total. The molecule has 2 atom stereocenters. The lowest BCUT2D eigenvalue weighted by Crippen LogP contribution is -2.21. The van der Waals surface area contributed by atoms with Crippen LogP contribution in [0, 0.1) is 0 Å². The second-order valence-corrected chi connectivity index (χ2v) is 4.01. The monoisotopic (exact) mass is 274 g/mol. The van der Waals surface area contributed by atoms with Crippen LogP contribution >= 0.6 is 12.6 Å². The van der Waals surface area contributed by atoms with Crippen molar-refractivity contribution in [2.45, 2.75) is 12.2 Å². The Morgan fingerprint density at radius 3 is 1.89 bits per heavy atom. The van der Waals surface area contributed by atoms with Gasteiger partial charge in [-0.25, -0.2) is 0 Å². The fourth-order valence-electron chi connectivity index (χ4n) is 1.62. The molecule has 0 aliphatic rings. The van der Waals surface area contributed by atoms with Crippen LogP contribution in [-0.4, -0.2) is 43.4 Å². The van der Waals surface area contributed by atoms with E-state index >= 15 is 0 Å². The first kappa shape index (κ1) is 14.9. The third kappa shape index (κ3) is 3.01. The van der Waals surface area contributed by atoms with Crippen molar-refractivity contribution in [3.63, 3.8) is 0 Å². The van der Waals surface area contributed by atoms with E-state index in [1.54, 1.807) is 12.1 Å². The Balaban J connectivity index is 3.30. The molecule has 0 spiro atoms. The van der Waals surface area contributed by atoms with Crippen LogP contribution in [-0.2, 0) is 0 Å². The molecule has 0 aliphatic heterocycles. The van der Waals surface area contributed by atoms with Crippen LogP contribution < -0.4 is 14.2 Å². The van der Waals surface area contributed by atoms with Gasteiger partial charge < -0.3 is 24.4 Å². The number of rotatable bonds is 6. The van der Waals surface area contributed by atoms with E-state index in [9.17, 15) is 10.2 Å². The van der Waals surface area contributed by atoms with Gasteiger partial charge in [-0.1, -0.05) is 0 Å². The first-order valence-corrected chi connectivity index (χ1v) is 5.99. The Hall–Kier alpha value is -1.11. The highest BCUT2D eigenvalue weighted by Crippen LogP contribution is 2.39. The maximum Gasteiger partial charge on any atom is 0.132 e. The van der Waals surface area contributed by atoms with Crippen LogP contribution in [0.5, 0.6) is 17.2 Å². The molecule has 0 bridgehead atoms. The number of hydrogen-bond acceptors (Lipinski definition) is 6. The predicted octanol–water partition coefficient (Wildman–Crippen LogP) is 1.04. The number of benzene rings is 1. The molecule has 0 aromatic heterocycles. The maximum atomic E-state index is 10.1. The van der Waals surface area contributed by atoms with Crippen molar-refractivity contribution in [2.24, 2.45) is 0 Å². The fourth-order valence-corrected chi connectivity index (χ4v) is 1.82. The van der Waals surface area contributed by atoms with Gasteiger partial charge in [0.25, 0.3) is 0 Å². The van der Waals surface area contributed by atoms with E-state index in [0.29, 0.717) is 22.8 Å². The van der Waals surface area contributed by atoms with E-state index in [0.717, 1.165) is 0 Å². The molecule has 0 fully saturated rings. The molecular weight excluding hydrogens is 256 g/mol. The Labute approximate surface area is 112 Å². The van der Waals surface area contributed by atoms with E-state index in [2.05, 4.69) is 12.6 Å². The van der Waals surface area contributed by atoms with Crippen LogP contribution in [0.15, 0.2) is 12.1 Å². The number of ether oxygens (including phenoxy) is 3. The van der Waals surface area contributed by atoms with Crippen LogP contribution in [0.1, 0.15) is 11.7 Å². The summed E-state index contributed by atoms with van der Waals surface area (Å²) in [7, 11) is 4.46. The molecule has 0 aliphatic carbocycles. The molecule has 0 saturated heterocycles. The average molecular weight is 274 g/mol. The second kappa shape index (κ2) is 6.72. The largest absolute Gasteiger partial charge is 0.496 e. The Bertz CT molecular complexity index is 371. The van der Waals surface area contributed by atoms with Crippen LogP contribution in [0.2, 0.25) is 0 Å². The molecule has 1 rings (SSSR count). The number of methoxy groups -OCH3 is 3. The molecule has 2 N–H and O–H groups in total. The fraction of sp³-hybridized carbons (Fsp3) is 0.500. The molecule has 0 saturated carbocycles. The van der Waals surface area contributed by atoms with Gasteiger partial charge in [-0.15, -0.1) is 0 Å². The highest BCUT2D eigenvalue weighted by atomic mass is 32.1. The Morgan fingerprint density at radius 1 is 1.06 bits per heavy atom. The van der Waals surface area contributed by atoms with Gasteiger partial charge in [-0.05, 0) is 0 Å². The van der Waals surface area contributed by atoms with Crippen LogP contribution in [0.4, 0.5) is 0 Å². The van der Waals surface area contributed by atoms with Crippen molar-refractivity contribution in [2.75, 3.05) is 27.1 Å². The van der Waals surface area contributed by atoms with Crippen molar-refractivity contribution < 1.29 is 24.4 Å². The van der Waals surface area contributed by atoms with E-state index in [1.165, 1.54) is 21.3 Å². The summed E-state index contributed by atoms with van der Waals surface area (Å²) in [5.74, 6) is 1.44. The van der Waals surface area contributed by atoms with Gasteiger partial charge in [0.05, 0.1) is 33.0 Å². The van der Waals surface area contributed by atoms with Gasteiger partial charge in [0.15, 0.2) is 0 Å². The third-order valence-electron chi connectivity index (χ3n) is 2.60. The minimum atomic E-state index is -1.14. The minimum Gasteiger partial charge on any atom is -0.496 e. The van der Waals surface area contributed by atoms with E-state index in [4.69, 9.17) is 14.2 Å². The van der Waals surface area contributed by atoms with Gasteiger partial charge >= 0.3 is 0 Å². The molecular formula is C12H18O5S. The molecule has 0 amide bonds. The predicted molar refractivity (Wildman–Crippen MR) is 70.9 cm³/mol. The molecule has 2 unspecified atom stereocenters. The number of aliphatic hydroxyl groups is 2. The lowest BCUT2D eigenvalue weighted by atomic mass is 10.0. The highest BCUT2D eigenvalue weighted by molar-refractivity contribution is 7.80. The van der Waals surface area contributed by atoms with E-state index in [1.807, 2.05) is 0 Å². The molecule has 1 aromatic carbocycles. The zero-order chi connectivity index (χ0) is 13.7. The minimum absolute atomic E-state index is 0.125. The highest BCUT2D eigenvalue weighted by Gasteiger charge is 2.25. The third-order valence-corrected chi connectivity index (χ3v) is 2.97. The lowest BCUT2D eigenvalue weighted by molar-refractivity contribution is 0.0306. The Morgan fingerprint density at radius 2 is 1.56 bits per heavy atom. The number of thiol groups is 1. The van der Waals surface area contributed by atoms with Crippen molar-refractivity contribution in [3.8, 4) is 17.2 Å².